The fourth-order valence-electron chi connectivity index (χ4n) is 4.50. The molecule has 182 valence electrons. The maximum absolute atomic E-state index is 14.7. The van der Waals surface area contributed by atoms with Crippen LogP contribution in [-0.4, -0.2) is 47.5 Å². The number of aromatic nitrogens is 1. The summed E-state index contributed by atoms with van der Waals surface area (Å²) in [5, 5.41) is 2.55. The molecular weight excluding hydrogens is 464 g/mol. The highest BCUT2D eigenvalue weighted by Gasteiger charge is 2.41. The summed E-state index contributed by atoms with van der Waals surface area (Å²) < 4.78 is 34.1. The van der Waals surface area contributed by atoms with Crippen LogP contribution in [0.15, 0.2) is 30.5 Å². The van der Waals surface area contributed by atoms with Gasteiger partial charge >= 0.3 is 0 Å². The third-order valence-corrected chi connectivity index (χ3v) is 6.79. The molecule has 2 saturated heterocycles. The van der Waals surface area contributed by atoms with Crippen molar-refractivity contribution >= 4 is 23.4 Å². The molecule has 3 atom stereocenters. The lowest BCUT2D eigenvalue weighted by atomic mass is 9.90. The van der Waals surface area contributed by atoms with Gasteiger partial charge in [-0.25, -0.2) is 8.78 Å². The lowest BCUT2D eigenvalue weighted by Gasteiger charge is -2.36. The number of carbonyl (C=O) groups excluding carboxylic acids is 2. The van der Waals surface area contributed by atoms with Gasteiger partial charge < -0.3 is 15.0 Å². The molecule has 0 radical (unpaired) electrons. The minimum absolute atomic E-state index is 0.0168. The number of likely N-dealkylation sites (tertiary alicyclic amines) is 1. The zero-order valence-electron chi connectivity index (χ0n) is 19.4. The standard InChI is InChI=1S/C25H28ClF2N3O3/c1-13(2)21-7-15(4-5-29-21)25(33)31-10-14(3)6-22(31)24(32)30-23(16-11-34-12-16)17-8-20(28)18(26)9-19(17)27/h4-5,7-9,13-14,16,22-23H,6,10-12H2,1-3H3,(H,30,32)/t14-,22-,23-/m1/s1. The molecule has 1 aromatic carbocycles. The lowest BCUT2D eigenvalue weighted by Crippen LogP contribution is -2.50. The molecule has 1 aromatic heterocycles. The number of pyridine rings is 1. The fourth-order valence-corrected chi connectivity index (χ4v) is 4.65. The Bertz CT molecular complexity index is 1090. The highest BCUT2D eigenvalue weighted by Crippen LogP contribution is 2.33. The number of halogens is 3. The van der Waals surface area contributed by atoms with Crippen molar-refractivity contribution in [2.45, 2.75) is 45.2 Å². The molecule has 2 aliphatic heterocycles. The van der Waals surface area contributed by atoms with Crippen molar-refractivity contribution < 1.29 is 23.1 Å². The van der Waals surface area contributed by atoms with E-state index in [0.29, 0.717) is 31.7 Å². The van der Waals surface area contributed by atoms with Crippen LogP contribution in [-0.2, 0) is 9.53 Å². The van der Waals surface area contributed by atoms with Gasteiger partial charge in [-0.1, -0.05) is 32.4 Å². The van der Waals surface area contributed by atoms with E-state index in [1.165, 1.54) is 0 Å². The van der Waals surface area contributed by atoms with Crippen LogP contribution in [0.2, 0.25) is 5.02 Å². The third kappa shape index (κ3) is 4.93. The van der Waals surface area contributed by atoms with E-state index in [0.717, 1.165) is 17.8 Å². The van der Waals surface area contributed by atoms with Gasteiger partial charge in [0, 0.05) is 35.5 Å². The highest BCUT2D eigenvalue weighted by molar-refractivity contribution is 6.30. The Morgan fingerprint density at radius 3 is 2.59 bits per heavy atom. The molecule has 0 spiro atoms. The Balaban J connectivity index is 1.58. The van der Waals surface area contributed by atoms with Gasteiger partial charge in [-0.2, -0.15) is 0 Å². The first-order chi connectivity index (χ1) is 16.2. The predicted octanol–water partition coefficient (Wildman–Crippen LogP) is 4.49. The van der Waals surface area contributed by atoms with Gasteiger partial charge in [0.1, 0.15) is 17.7 Å². The van der Waals surface area contributed by atoms with Gasteiger partial charge in [0.25, 0.3) is 5.91 Å². The smallest absolute Gasteiger partial charge is 0.254 e. The van der Waals surface area contributed by atoms with Crippen molar-refractivity contribution in [3.63, 3.8) is 0 Å². The molecule has 6 nitrogen and oxygen atoms in total. The number of nitrogens with zero attached hydrogens (tertiary/aromatic N) is 2. The topological polar surface area (TPSA) is 71.5 Å². The second-order valence-electron chi connectivity index (χ2n) is 9.51. The summed E-state index contributed by atoms with van der Waals surface area (Å²) in [6.07, 6.45) is 2.08. The number of benzene rings is 1. The van der Waals surface area contributed by atoms with Crippen molar-refractivity contribution in [1.29, 1.82) is 0 Å². The number of carbonyl (C=O) groups is 2. The normalized spacial score (nSPS) is 21.4. The van der Waals surface area contributed by atoms with Crippen LogP contribution in [0.5, 0.6) is 0 Å². The molecule has 2 aromatic rings. The lowest BCUT2D eigenvalue weighted by molar-refractivity contribution is -0.128. The SMILES string of the molecule is CC(C)c1cc(C(=O)N2C[C@H](C)C[C@@H]2C(=O)N[C@@H](c2cc(F)c(Cl)cc2F)C2COC2)ccn1. The van der Waals surface area contributed by atoms with Crippen LogP contribution in [0.4, 0.5) is 8.78 Å². The quantitative estimate of drug-likeness (QED) is 0.604. The summed E-state index contributed by atoms with van der Waals surface area (Å²) in [5.41, 5.74) is 1.29. The van der Waals surface area contributed by atoms with E-state index in [1.54, 1.807) is 23.2 Å². The summed E-state index contributed by atoms with van der Waals surface area (Å²) in [7, 11) is 0. The first-order valence-corrected chi connectivity index (χ1v) is 11.8. The number of amides is 2. The van der Waals surface area contributed by atoms with Crippen LogP contribution in [0.1, 0.15) is 60.8 Å². The van der Waals surface area contributed by atoms with Gasteiger partial charge in [-0.3, -0.25) is 14.6 Å². The van der Waals surface area contributed by atoms with E-state index in [-0.39, 0.29) is 34.2 Å². The molecule has 3 heterocycles. The second kappa shape index (κ2) is 9.96. The van der Waals surface area contributed by atoms with E-state index in [1.807, 2.05) is 20.8 Å². The monoisotopic (exact) mass is 491 g/mol. The summed E-state index contributed by atoms with van der Waals surface area (Å²) in [4.78, 5) is 32.6. The minimum Gasteiger partial charge on any atom is -0.381 e. The molecule has 0 aliphatic carbocycles. The number of hydrogen-bond acceptors (Lipinski definition) is 4. The van der Waals surface area contributed by atoms with E-state index >= 15 is 0 Å². The second-order valence-corrected chi connectivity index (χ2v) is 9.92. The molecule has 9 heteroatoms. The fraction of sp³-hybridized carbons (Fsp3) is 0.480. The van der Waals surface area contributed by atoms with E-state index < -0.39 is 29.6 Å². The molecule has 0 unspecified atom stereocenters. The summed E-state index contributed by atoms with van der Waals surface area (Å²) in [6.45, 7) is 7.02. The molecule has 0 saturated carbocycles. The molecular formula is C25H28ClF2N3O3. The van der Waals surface area contributed by atoms with Crippen molar-refractivity contribution in [2.24, 2.45) is 11.8 Å². The maximum Gasteiger partial charge on any atom is 0.254 e. The summed E-state index contributed by atoms with van der Waals surface area (Å²) in [6, 6.07) is 3.81. The van der Waals surface area contributed by atoms with E-state index in [9.17, 15) is 18.4 Å². The summed E-state index contributed by atoms with van der Waals surface area (Å²) >= 11 is 5.71. The molecule has 2 fully saturated rings. The average molecular weight is 492 g/mol. The Kier molecular flexibility index (Phi) is 7.19. The number of hydrogen-bond donors (Lipinski definition) is 1. The van der Waals surface area contributed by atoms with Gasteiger partial charge in [0.2, 0.25) is 5.91 Å². The van der Waals surface area contributed by atoms with Gasteiger partial charge in [-0.05, 0) is 42.5 Å². The molecule has 4 rings (SSSR count). The van der Waals surface area contributed by atoms with E-state index in [4.69, 9.17) is 16.3 Å². The van der Waals surface area contributed by atoms with Crippen LogP contribution < -0.4 is 5.32 Å². The molecule has 34 heavy (non-hydrogen) atoms. The van der Waals surface area contributed by atoms with Crippen LogP contribution in [0, 0.1) is 23.5 Å². The van der Waals surface area contributed by atoms with Crippen molar-refractivity contribution in [3.05, 3.63) is 63.9 Å². The molecule has 0 bridgehead atoms. The Hall–Kier alpha value is -2.58. The van der Waals surface area contributed by atoms with Gasteiger partial charge in [0.05, 0.1) is 24.3 Å². The minimum atomic E-state index is -0.797. The van der Waals surface area contributed by atoms with Crippen LogP contribution in [0.3, 0.4) is 0 Å². The largest absolute Gasteiger partial charge is 0.381 e. The third-order valence-electron chi connectivity index (χ3n) is 6.50. The van der Waals surface area contributed by atoms with Crippen molar-refractivity contribution in [1.82, 2.24) is 15.2 Å². The Morgan fingerprint density at radius 1 is 1.21 bits per heavy atom. The Morgan fingerprint density at radius 2 is 1.94 bits per heavy atom. The molecule has 2 aliphatic rings. The first kappa shape index (κ1) is 24.5. The van der Waals surface area contributed by atoms with Crippen molar-refractivity contribution in [3.8, 4) is 0 Å². The van der Waals surface area contributed by atoms with Crippen LogP contribution in [0.25, 0.3) is 0 Å². The summed E-state index contributed by atoms with van der Waals surface area (Å²) in [5.74, 6) is -2.05. The molecule has 1 N–H and O–H groups in total. The predicted molar refractivity (Wildman–Crippen MR) is 123 cm³/mol. The maximum atomic E-state index is 14.7. The van der Waals surface area contributed by atoms with Crippen molar-refractivity contribution in [2.75, 3.05) is 19.8 Å². The number of ether oxygens (including phenoxy) is 1. The highest BCUT2D eigenvalue weighted by atomic mass is 35.5. The zero-order valence-corrected chi connectivity index (χ0v) is 20.1. The Labute approximate surface area is 202 Å². The first-order valence-electron chi connectivity index (χ1n) is 11.4. The molecule has 2 amide bonds. The van der Waals surface area contributed by atoms with Gasteiger partial charge in [0.15, 0.2) is 0 Å². The average Bonchev–Trinajstić information content (AvgIpc) is 3.16. The number of nitrogens with one attached hydrogen (secondary N) is 1. The van der Waals surface area contributed by atoms with E-state index in [2.05, 4.69) is 10.3 Å². The number of rotatable bonds is 6. The van der Waals surface area contributed by atoms with Gasteiger partial charge in [-0.15, -0.1) is 0 Å². The zero-order chi connectivity index (χ0) is 24.6. The van der Waals surface area contributed by atoms with Crippen LogP contribution >= 0.6 is 11.6 Å².